The maximum Gasteiger partial charge on any atom is 0.410 e. The van der Waals surface area contributed by atoms with E-state index in [9.17, 15) is 9.59 Å². The minimum atomic E-state index is -0.487. The molecule has 0 spiro atoms. The molecule has 146 valence electrons. The van der Waals surface area contributed by atoms with Crippen molar-refractivity contribution in [1.82, 2.24) is 14.5 Å². The first-order chi connectivity index (χ1) is 12.6. The second-order valence-electron chi connectivity index (χ2n) is 8.06. The Morgan fingerprint density at radius 3 is 2.52 bits per heavy atom. The molecule has 1 fully saturated rings. The molecule has 2 heterocycles. The van der Waals surface area contributed by atoms with Gasteiger partial charge in [-0.05, 0) is 57.7 Å². The third-order valence-corrected chi connectivity index (χ3v) is 4.77. The number of carbonyl (C=O) groups is 2. The molecular formula is C19H27N5O3. The lowest BCUT2D eigenvalue weighted by atomic mass is 9.97. The van der Waals surface area contributed by atoms with Crippen LogP contribution in [0.5, 0.6) is 0 Å². The van der Waals surface area contributed by atoms with E-state index in [4.69, 9.17) is 16.2 Å². The second kappa shape index (κ2) is 7.09. The molecule has 1 aromatic carbocycles. The number of primary amides is 1. The zero-order valence-electron chi connectivity index (χ0n) is 16.1. The van der Waals surface area contributed by atoms with Crippen LogP contribution in [0.3, 0.4) is 0 Å². The number of aromatic nitrogens is 2. The van der Waals surface area contributed by atoms with E-state index in [-0.39, 0.29) is 6.09 Å². The molecule has 2 amide bonds. The van der Waals surface area contributed by atoms with E-state index in [0.29, 0.717) is 36.0 Å². The van der Waals surface area contributed by atoms with E-state index >= 15 is 0 Å². The summed E-state index contributed by atoms with van der Waals surface area (Å²) in [5, 5.41) is 0. The number of hydrogen-bond donors (Lipinski definition) is 2. The number of nitrogens with zero attached hydrogens (tertiary/aromatic N) is 3. The zero-order valence-corrected chi connectivity index (χ0v) is 16.1. The third-order valence-electron chi connectivity index (χ3n) is 4.77. The summed E-state index contributed by atoms with van der Waals surface area (Å²) in [7, 11) is 0. The molecule has 0 bridgehead atoms. The highest BCUT2D eigenvalue weighted by Gasteiger charge is 2.27. The maximum absolute atomic E-state index is 12.2. The largest absolute Gasteiger partial charge is 0.444 e. The van der Waals surface area contributed by atoms with Gasteiger partial charge in [-0.1, -0.05) is 0 Å². The van der Waals surface area contributed by atoms with E-state index in [1.165, 1.54) is 0 Å². The number of anilines is 1. The summed E-state index contributed by atoms with van der Waals surface area (Å²) in [4.78, 5) is 29.6. The standard InChI is InChI=1S/C19H27N5O3/c1-19(2,3)27-18(26)23-8-6-12(7-9-23)11-24-15-5-4-13(16(20)25)10-14(15)22-17(24)21/h4-5,10,12H,6-9,11H2,1-3H3,(H2,20,25)(H2,21,22). The van der Waals surface area contributed by atoms with E-state index in [1.807, 2.05) is 31.4 Å². The summed E-state index contributed by atoms with van der Waals surface area (Å²) < 4.78 is 7.41. The van der Waals surface area contributed by atoms with Crippen molar-refractivity contribution in [2.75, 3.05) is 18.8 Å². The fraction of sp³-hybridized carbons (Fsp3) is 0.526. The molecule has 0 aliphatic carbocycles. The van der Waals surface area contributed by atoms with Crippen molar-refractivity contribution in [2.45, 2.75) is 45.8 Å². The number of carbonyl (C=O) groups excluding carboxylic acids is 2. The molecule has 4 N–H and O–H groups in total. The monoisotopic (exact) mass is 373 g/mol. The van der Waals surface area contributed by atoms with Crippen LogP contribution < -0.4 is 11.5 Å². The minimum Gasteiger partial charge on any atom is -0.444 e. The lowest BCUT2D eigenvalue weighted by Crippen LogP contribution is -2.42. The molecule has 3 rings (SSSR count). The van der Waals surface area contributed by atoms with Gasteiger partial charge in [0, 0.05) is 25.2 Å². The van der Waals surface area contributed by atoms with Gasteiger partial charge in [0.1, 0.15) is 5.60 Å². The molecular weight excluding hydrogens is 346 g/mol. The van der Waals surface area contributed by atoms with Crippen molar-refractivity contribution in [3.8, 4) is 0 Å². The SMILES string of the molecule is CC(C)(C)OC(=O)N1CCC(Cn2c(N)nc3cc(C(N)=O)ccc32)CC1. The predicted molar refractivity (Wildman–Crippen MR) is 103 cm³/mol. The number of nitrogens with two attached hydrogens (primary N) is 2. The Balaban J connectivity index is 1.66. The molecule has 1 saturated heterocycles. The highest BCUT2D eigenvalue weighted by molar-refractivity contribution is 5.96. The number of likely N-dealkylation sites (tertiary alicyclic amines) is 1. The van der Waals surface area contributed by atoms with Crippen molar-refractivity contribution in [2.24, 2.45) is 11.7 Å². The van der Waals surface area contributed by atoms with Crippen LogP contribution >= 0.6 is 0 Å². The molecule has 0 radical (unpaired) electrons. The van der Waals surface area contributed by atoms with Crippen LogP contribution in [0, 0.1) is 5.92 Å². The van der Waals surface area contributed by atoms with Gasteiger partial charge in [-0.2, -0.15) is 0 Å². The highest BCUT2D eigenvalue weighted by Crippen LogP contribution is 2.26. The molecule has 0 unspecified atom stereocenters. The lowest BCUT2D eigenvalue weighted by Gasteiger charge is -2.33. The summed E-state index contributed by atoms with van der Waals surface area (Å²) in [5.41, 5.74) is 12.9. The highest BCUT2D eigenvalue weighted by atomic mass is 16.6. The summed E-state index contributed by atoms with van der Waals surface area (Å²) >= 11 is 0. The fourth-order valence-electron chi connectivity index (χ4n) is 3.38. The molecule has 0 atom stereocenters. The van der Waals surface area contributed by atoms with Gasteiger partial charge >= 0.3 is 6.09 Å². The van der Waals surface area contributed by atoms with E-state index in [1.54, 1.807) is 17.0 Å². The number of nitrogen functional groups attached to an aromatic ring is 1. The molecule has 8 heteroatoms. The van der Waals surface area contributed by atoms with Crippen LogP contribution in [-0.4, -0.2) is 45.1 Å². The Bertz CT molecular complexity index is 860. The van der Waals surface area contributed by atoms with Crippen LogP contribution in [0.4, 0.5) is 10.7 Å². The first kappa shape index (κ1) is 19.0. The number of amides is 2. The van der Waals surface area contributed by atoms with E-state index in [2.05, 4.69) is 4.98 Å². The Morgan fingerprint density at radius 2 is 1.93 bits per heavy atom. The van der Waals surface area contributed by atoms with Gasteiger partial charge < -0.3 is 25.7 Å². The topological polar surface area (TPSA) is 116 Å². The first-order valence-electron chi connectivity index (χ1n) is 9.17. The summed E-state index contributed by atoms with van der Waals surface area (Å²) in [6, 6.07) is 5.18. The van der Waals surface area contributed by atoms with Gasteiger partial charge in [0.05, 0.1) is 11.0 Å². The summed E-state index contributed by atoms with van der Waals surface area (Å²) in [6.45, 7) is 7.66. The van der Waals surface area contributed by atoms with Crippen molar-refractivity contribution >= 4 is 29.0 Å². The van der Waals surface area contributed by atoms with Gasteiger partial charge in [-0.25, -0.2) is 9.78 Å². The number of imidazole rings is 1. The number of benzene rings is 1. The van der Waals surface area contributed by atoms with Crippen LogP contribution in [0.2, 0.25) is 0 Å². The van der Waals surface area contributed by atoms with Gasteiger partial charge in [0.25, 0.3) is 0 Å². The number of rotatable bonds is 3. The molecule has 27 heavy (non-hydrogen) atoms. The molecule has 2 aromatic rings. The average Bonchev–Trinajstić information content (AvgIpc) is 2.88. The average molecular weight is 373 g/mol. The van der Waals surface area contributed by atoms with Crippen molar-refractivity contribution < 1.29 is 14.3 Å². The molecule has 1 aliphatic heterocycles. The lowest BCUT2D eigenvalue weighted by molar-refractivity contribution is 0.0178. The predicted octanol–water partition coefficient (Wildman–Crippen LogP) is 2.36. The molecule has 1 aromatic heterocycles. The van der Waals surface area contributed by atoms with Crippen molar-refractivity contribution in [3.05, 3.63) is 23.8 Å². The quantitative estimate of drug-likeness (QED) is 0.856. The van der Waals surface area contributed by atoms with Crippen molar-refractivity contribution in [1.29, 1.82) is 0 Å². The summed E-state index contributed by atoms with van der Waals surface area (Å²) in [5.74, 6) is 0.319. The molecule has 0 saturated carbocycles. The van der Waals surface area contributed by atoms with Crippen LogP contribution in [0.1, 0.15) is 44.0 Å². The zero-order chi connectivity index (χ0) is 19.8. The minimum absolute atomic E-state index is 0.257. The van der Waals surface area contributed by atoms with Gasteiger partial charge in [0.2, 0.25) is 11.9 Å². The van der Waals surface area contributed by atoms with Crippen molar-refractivity contribution in [3.63, 3.8) is 0 Å². The number of piperidine rings is 1. The number of fused-ring (bicyclic) bond motifs is 1. The Labute approximate surface area is 158 Å². The smallest absolute Gasteiger partial charge is 0.410 e. The maximum atomic E-state index is 12.2. The number of hydrogen-bond acceptors (Lipinski definition) is 5. The summed E-state index contributed by atoms with van der Waals surface area (Å²) in [6.07, 6.45) is 1.49. The van der Waals surface area contributed by atoms with Gasteiger partial charge in [-0.3, -0.25) is 4.79 Å². The Hall–Kier alpha value is -2.77. The van der Waals surface area contributed by atoms with Crippen LogP contribution in [-0.2, 0) is 11.3 Å². The van der Waals surface area contributed by atoms with Crippen LogP contribution in [0.15, 0.2) is 18.2 Å². The van der Waals surface area contributed by atoms with Gasteiger partial charge in [-0.15, -0.1) is 0 Å². The number of ether oxygens (including phenoxy) is 1. The third kappa shape index (κ3) is 4.32. The van der Waals surface area contributed by atoms with E-state index in [0.717, 1.165) is 24.9 Å². The van der Waals surface area contributed by atoms with Crippen LogP contribution in [0.25, 0.3) is 11.0 Å². The Morgan fingerprint density at radius 1 is 1.26 bits per heavy atom. The molecule has 8 nitrogen and oxygen atoms in total. The normalized spacial score (nSPS) is 15.9. The second-order valence-corrected chi connectivity index (χ2v) is 8.06. The Kier molecular flexibility index (Phi) is 4.99. The van der Waals surface area contributed by atoms with E-state index < -0.39 is 11.5 Å². The fourth-order valence-corrected chi connectivity index (χ4v) is 3.38. The van der Waals surface area contributed by atoms with Gasteiger partial charge in [0.15, 0.2) is 0 Å². The first-order valence-corrected chi connectivity index (χ1v) is 9.17. The molecule has 1 aliphatic rings.